The number of carbonyl (C=O) groups is 1. The average molecular weight is 204 g/mol. The minimum atomic E-state index is 0.0681. The second-order valence-corrected chi connectivity index (χ2v) is 3.94. The molecule has 1 aromatic rings. The molecule has 1 aliphatic heterocycles. The Labute approximate surface area is 90.1 Å². The van der Waals surface area contributed by atoms with E-state index in [0.717, 1.165) is 12.1 Å². The van der Waals surface area contributed by atoms with Gasteiger partial charge in [0.1, 0.15) is 0 Å². The second-order valence-electron chi connectivity index (χ2n) is 3.94. The van der Waals surface area contributed by atoms with Crippen molar-refractivity contribution in [1.29, 1.82) is 0 Å². The van der Waals surface area contributed by atoms with Crippen molar-refractivity contribution in [2.24, 2.45) is 0 Å². The van der Waals surface area contributed by atoms with Gasteiger partial charge in [-0.05, 0) is 25.0 Å². The largest absolute Gasteiger partial charge is 0.282 e. The first-order valence-corrected chi connectivity index (χ1v) is 5.39. The van der Waals surface area contributed by atoms with Crippen LogP contribution in [-0.4, -0.2) is 11.9 Å². The first kappa shape index (κ1) is 10.0. The molecule has 1 N–H and O–H groups in total. The van der Waals surface area contributed by atoms with Gasteiger partial charge in [0.15, 0.2) is 0 Å². The molecule has 3 nitrogen and oxygen atoms in total. The molecule has 1 amide bonds. The van der Waals surface area contributed by atoms with Crippen molar-refractivity contribution in [2.45, 2.75) is 32.7 Å². The highest BCUT2D eigenvalue weighted by atomic mass is 16.2. The van der Waals surface area contributed by atoms with Crippen molar-refractivity contribution in [3.63, 3.8) is 0 Å². The molecule has 15 heavy (non-hydrogen) atoms. The van der Waals surface area contributed by atoms with Gasteiger partial charge in [0.05, 0.1) is 11.7 Å². The summed E-state index contributed by atoms with van der Waals surface area (Å²) in [6.07, 6.45) is 1.52. The molecule has 0 bridgehead atoms. The van der Waals surface area contributed by atoms with Crippen LogP contribution in [0.3, 0.4) is 0 Å². The molecule has 0 aliphatic carbocycles. The molecule has 1 atom stereocenters. The lowest BCUT2D eigenvalue weighted by molar-refractivity contribution is -0.121. The van der Waals surface area contributed by atoms with Crippen LogP contribution in [0.2, 0.25) is 0 Å². The molecule has 2 rings (SSSR count). The van der Waals surface area contributed by atoms with Gasteiger partial charge in [0.25, 0.3) is 0 Å². The fraction of sp³-hybridized carbons (Fsp3) is 0.417. The number of hydrogen-bond acceptors (Lipinski definition) is 2. The number of benzene rings is 1. The van der Waals surface area contributed by atoms with Gasteiger partial charge >= 0.3 is 0 Å². The molecule has 0 radical (unpaired) electrons. The topological polar surface area (TPSA) is 32.3 Å². The van der Waals surface area contributed by atoms with Gasteiger partial charge in [-0.15, -0.1) is 0 Å². The van der Waals surface area contributed by atoms with Crippen molar-refractivity contribution in [3.8, 4) is 0 Å². The van der Waals surface area contributed by atoms with Crippen molar-refractivity contribution >= 4 is 11.6 Å². The third kappa shape index (κ3) is 1.82. The summed E-state index contributed by atoms with van der Waals surface area (Å²) in [5, 5.41) is 1.97. The average Bonchev–Trinajstić information content (AvgIpc) is 2.55. The van der Waals surface area contributed by atoms with Gasteiger partial charge in [-0.1, -0.05) is 25.1 Å². The summed E-state index contributed by atoms with van der Waals surface area (Å²) in [7, 11) is 0. The van der Waals surface area contributed by atoms with Gasteiger partial charge < -0.3 is 0 Å². The Bertz CT molecular complexity index is 376. The van der Waals surface area contributed by atoms with E-state index in [9.17, 15) is 4.79 Å². The van der Waals surface area contributed by atoms with Crippen LogP contribution >= 0.6 is 0 Å². The zero-order valence-electron chi connectivity index (χ0n) is 9.16. The molecular formula is C12H16N2O. The van der Waals surface area contributed by atoms with E-state index in [1.807, 2.05) is 24.1 Å². The maximum Gasteiger partial charge on any atom is 0.238 e. The Balaban J connectivity index is 2.22. The molecule has 0 saturated heterocycles. The molecule has 0 spiro atoms. The van der Waals surface area contributed by atoms with Gasteiger partial charge in [0.2, 0.25) is 5.91 Å². The Morgan fingerprint density at radius 1 is 1.53 bits per heavy atom. The first-order chi connectivity index (χ1) is 7.22. The number of hydrazine groups is 1. The third-order valence-electron chi connectivity index (χ3n) is 2.77. The molecule has 1 aliphatic rings. The summed E-state index contributed by atoms with van der Waals surface area (Å²) in [5.41, 5.74) is 5.37. The number of fused-ring (bicyclic) bond motifs is 1. The van der Waals surface area contributed by atoms with E-state index < -0.39 is 0 Å². The van der Waals surface area contributed by atoms with E-state index in [-0.39, 0.29) is 5.91 Å². The summed E-state index contributed by atoms with van der Waals surface area (Å²) in [6.45, 7) is 3.98. The lowest BCUT2D eigenvalue weighted by atomic mass is 10.1. The van der Waals surface area contributed by atoms with Crippen molar-refractivity contribution < 1.29 is 4.79 Å². The molecule has 0 saturated carbocycles. The van der Waals surface area contributed by atoms with E-state index in [1.54, 1.807) is 0 Å². The maximum absolute atomic E-state index is 11.4. The summed E-state index contributed by atoms with van der Waals surface area (Å²) >= 11 is 0. The van der Waals surface area contributed by atoms with Gasteiger partial charge in [-0.25, -0.2) is 0 Å². The van der Waals surface area contributed by atoms with Crippen LogP contribution in [0.15, 0.2) is 24.3 Å². The van der Waals surface area contributed by atoms with E-state index in [0.29, 0.717) is 12.5 Å². The number of carbonyl (C=O) groups excluding carboxylic acids is 1. The molecule has 3 heteroatoms. The molecule has 0 fully saturated rings. The predicted molar refractivity (Wildman–Crippen MR) is 60.5 cm³/mol. The highest BCUT2D eigenvalue weighted by Crippen LogP contribution is 2.29. The summed E-state index contributed by atoms with van der Waals surface area (Å²) < 4.78 is 0. The molecular weight excluding hydrogens is 188 g/mol. The van der Waals surface area contributed by atoms with Gasteiger partial charge in [-0.3, -0.25) is 15.2 Å². The van der Waals surface area contributed by atoms with Crippen molar-refractivity contribution in [2.75, 3.05) is 5.01 Å². The molecule has 0 aromatic heterocycles. The third-order valence-corrected chi connectivity index (χ3v) is 2.77. The van der Waals surface area contributed by atoms with E-state index in [1.165, 1.54) is 5.56 Å². The number of nitrogens with one attached hydrogen (secondary N) is 1. The number of hydrogen-bond donors (Lipinski definition) is 1. The van der Waals surface area contributed by atoms with Crippen LogP contribution in [0.5, 0.6) is 0 Å². The summed E-state index contributed by atoms with van der Waals surface area (Å²) in [5.74, 6) is 0.0681. The Morgan fingerprint density at radius 2 is 2.27 bits per heavy atom. The predicted octanol–water partition coefficient (Wildman–Crippen LogP) is 1.88. The zero-order chi connectivity index (χ0) is 10.8. The fourth-order valence-corrected chi connectivity index (χ4v) is 1.95. The molecule has 1 unspecified atom stereocenters. The number of rotatable bonds is 2. The second kappa shape index (κ2) is 3.93. The molecule has 1 aromatic carbocycles. The van der Waals surface area contributed by atoms with Crippen LogP contribution in [0.1, 0.15) is 25.8 Å². The van der Waals surface area contributed by atoms with Crippen LogP contribution in [-0.2, 0) is 11.2 Å². The van der Waals surface area contributed by atoms with Crippen LogP contribution in [0.4, 0.5) is 5.69 Å². The van der Waals surface area contributed by atoms with Gasteiger partial charge in [-0.2, -0.15) is 0 Å². The quantitative estimate of drug-likeness (QED) is 0.797. The first-order valence-electron chi connectivity index (χ1n) is 5.39. The Morgan fingerprint density at radius 3 is 3.00 bits per heavy atom. The minimum absolute atomic E-state index is 0.0681. The van der Waals surface area contributed by atoms with Crippen molar-refractivity contribution in [3.05, 3.63) is 29.8 Å². The van der Waals surface area contributed by atoms with E-state index in [2.05, 4.69) is 24.5 Å². The SMILES string of the molecule is CCC(=O)NN1c2ccccc2CC1C. The number of nitrogens with zero attached hydrogens (tertiary/aromatic N) is 1. The number of anilines is 1. The standard InChI is InChI=1S/C12H16N2O/c1-3-12(15)13-14-9(2)8-10-6-4-5-7-11(10)14/h4-7,9H,3,8H2,1-2H3,(H,13,15). The minimum Gasteiger partial charge on any atom is -0.282 e. The summed E-state index contributed by atoms with van der Waals surface area (Å²) in [4.78, 5) is 11.4. The Hall–Kier alpha value is -1.51. The monoisotopic (exact) mass is 204 g/mol. The van der Waals surface area contributed by atoms with Crippen LogP contribution < -0.4 is 10.4 Å². The highest BCUT2D eigenvalue weighted by molar-refractivity contribution is 5.78. The lowest BCUT2D eigenvalue weighted by Crippen LogP contribution is -2.45. The maximum atomic E-state index is 11.4. The lowest BCUT2D eigenvalue weighted by Gasteiger charge is -2.25. The zero-order valence-corrected chi connectivity index (χ0v) is 9.16. The summed E-state index contributed by atoms with van der Waals surface area (Å²) in [6, 6.07) is 8.55. The fourth-order valence-electron chi connectivity index (χ4n) is 1.95. The normalized spacial score (nSPS) is 18.8. The number of amides is 1. The van der Waals surface area contributed by atoms with E-state index in [4.69, 9.17) is 0 Å². The van der Waals surface area contributed by atoms with Crippen molar-refractivity contribution in [1.82, 2.24) is 5.43 Å². The Kier molecular flexibility index (Phi) is 2.62. The highest BCUT2D eigenvalue weighted by Gasteiger charge is 2.26. The van der Waals surface area contributed by atoms with Gasteiger partial charge in [0, 0.05) is 6.42 Å². The van der Waals surface area contributed by atoms with Crippen LogP contribution in [0.25, 0.3) is 0 Å². The number of para-hydroxylation sites is 1. The molecule has 80 valence electrons. The smallest absolute Gasteiger partial charge is 0.238 e. The molecule has 1 heterocycles. The van der Waals surface area contributed by atoms with Crippen LogP contribution in [0, 0.1) is 0 Å². The van der Waals surface area contributed by atoms with E-state index >= 15 is 0 Å².